The van der Waals surface area contributed by atoms with Crippen LogP contribution >= 0.6 is 0 Å². The zero-order valence-electron chi connectivity index (χ0n) is 15.0. The van der Waals surface area contributed by atoms with Crippen molar-refractivity contribution < 1.29 is 9.94 Å². The fourth-order valence-electron chi connectivity index (χ4n) is 2.94. The van der Waals surface area contributed by atoms with Gasteiger partial charge in [0.25, 0.3) is 0 Å². The van der Waals surface area contributed by atoms with E-state index in [1.54, 1.807) is 29.5 Å². The molecule has 1 heterocycles. The number of phenols is 1. The van der Waals surface area contributed by atoms with Crippen LogP contribution < -0.4 is 4.84 Å². The average Bonchev–Trinajstić information content (AvgIpc) is 2.85. The number of hydrogen-bond acceptors (Lipinski definition) is 6. The van der Waals surface area contributed by atoms with Crippen LogP contribution in [-0.4, -0.2) is 28.1 Å². The first kappa shape index (κ1) is 17.2. The Morgan fingerprint density at radius 3 is 2.56 bits per heavy atom. The van der Waals surface area contributed by atoms with Crippen LogP contribution in [0.2, 0.25) is 0 Å². The normalized spacial score (nSPS) is 20.4. The van der Waals surface area contributed by atoms with E-state index in [1.807, 2.05) is 45.0 Å². The highest BCUT2D eigenvalue weighted by Crippen LogP contribution is 2.34. The molecule has 0 spiro atoms. The molecule has 0 aromatic heterocycles. The third-order valence-corrected chi connectivity index (χ3v) is 4.26. The predicted molar refractivity (Wildman–Crippen MR) is 95.8 cm³/mol. The Labute approximate surface area is 148 Å². The standard InChI is InChI=1S/C19H24N4O2/c1-14(2)17-12-16(10-11-18(17)24)25-23-19(3,20-21-22(23)4)13-15-8-6-5-7-9-15/h5-12,14,24H,13H2,1-4H3. The molecule has 1 unspecified atom stereocenters. The molecule has 0 aliphatic carbocycles. The van der Waals surface area contributed by atoms with Gasteiger partial charge in [-0.1, -0.05) is 49.4 Å². The van der Waals surface area contributed by atoms with Gasteiger partial charge in [-0.05, 0) is 41.8 Å². The molecule has 132 valence electrons. The van der Waals surface area contributed by atoms with Crippen LogP contribution in [0.15, 0.2) is 58.9 Å². The van der Waals surface area contributed by atoms with Crippen molar-refractivity contribution in [1.82, 2.24) is 10.3 Å². The second-order valence-electron chi connectivity index (χ2n) is 6.80. The van der Waals surface area contributed by atoms with Crippen LogP contribution in [0.3, 0.4) is 0 Å². The Kier molecular flexibility index (Phi) is 4.63. The van der Waals surface area contributed by atoms with E-state index in [0.29, 0.717) is 12.2 Å². The van der Waals surface area contributed by atoms with Gasteiger partial charge < -0.3 is 9.94 Å². The van der Waals surface area contributed by atoms with Crippen LogP contribution in [0.25, 0.3) is 0 Å². The van der Waals surface area contributed by atoms with Crippen molar-refractivity contribution in [3.63, 3.8) is 0 Å². The minimum atomic E-state index is -0.647. The molecule has 0 amide bonds. The second kappa shape index (κ2) is 6.72. The molecule has 0 radical (unpaired) electrons. The maximum Gasteiger partial charge on any atom is 0.193 e. The van der Waals surface area contributed by atoms with E-state index >= 15 is 0 Å². The fourth-order valence-corrected chi connectivity index (χ4v) is 2.94. The molecule has 0 saturated heterocycles. The fraction of sp³-hybridized carbons (Fsp3) is 0.368. The van der Waals surface area contributed by atoms with Crippen molar-refractivity contribution >= 4 is 0 Å². The van der Waals surface area contributed by atoms with E-state index in [1.165, 1.54) is 0 Å². The summed E-state index contributed by atoms with van der Waals surface area (Å²) in [4.78, 5) is 6.08. The van der Waals surface area contributed by atoms with Gasteiger partial charge in [-0.2, -0.15) is 5.12 Å². The quantitative estimate of drug-likeness (QED) is 0.881. The van der Waals surface area contributed by atoms with Crippen molar-refractivity contribution in [2.45, 2.75) is 38.8 Å². The second-order valence-corrected chi connectivity index (χ2v) is 6.80. The SMILES string of the molecule is CC(C)c1cc(ON2N(C)N=NC2(C)Cc2ccccc2)ccc1O. The topological polar surface area (TPSA) is 60.7 Å². The van der Waals surface area contributed by atoms with Gasteiger partial charge >= 0.3 is 0 Å². The summed E-state index contributed by atoms with van der Waals surface area (Å²) in [7, 11) is 1.80. The Morgan fingerprint density at radius 2 is 1.88 bits per heavy atom. The first-order chi connectivity index (χ1) is 11.9. The molecule has 2 aromatic carbocycles. The lowest BCUT2D eigenvalue weighted by Crippen LogP contribution is -2.50. The minimum Gasteiger partial charge on any atom is -0.508 e. The highest BCUT2D eigenvalue weighted by molar-refractivity contribution is 5.41. The number of benzene rings is 2. The van der Waals surface area contributed by atoms with E-state index in [-0.39, 0.29) is 11.7 Å². The minimum absolute atomic E-state index is 0.199. The molecule has 1 N–H and O–H groups in total. The molecule has 0 fully saturated rings. The molecule has 6 nitrogen and oxygen atoms in total. The number of nitrogens with zero attached hydrogens (tertiary/aromatic N) is 4. The molecular weight excluding hydrogens is 316 g/mol. The van der Waals surface area contributed by atoms with Gasteiger partial charge in [-0.3, -0.25) is 0 Å². The zero-order chi connectivity index (χ0) is 18.0. The molecule has 0 saturated carbocycles. The highest BCUT2D eigenvalue weighted by Gasteiger charge is 2.42. The van der Waals surface area contributed by atoms with Crippen LogP contribution in [0.5, 0.6) is 11.5 Å². The monoisotopic (exact) mass is 340 g/mol. The van der Waals surface area contributed by atoms with E-state index in [4.69, 9.17) is 4.84 Å². The third kappa shape index (κ3) is 3.58. The van der Waals surface area contributed by atoms with Crippen molar-refractivity contribution in [3.8, 4) is 11.5 Å². The van der Waals surface area contributed by atoms with E-state index < -0.39 is 5.66 Å². The summed E-state index contributed by atoms with van der Waals surface area (Å²) in [6.07, 6.45) is 0.663. The third-order valence-electron chi connectivity index (χ3n) is 4.26. The van der Waals surface area contributed by atoms with Crippen molar-refractivity contribution in [2.75, 3.05) is 7.05 Å². The molecule has 3 rings (SSSR count). The molecular formula is C19H24N4O2. The summed E-state index contributed by atoms with van der Waals surface area (Å²) >= 11 is 0. The summed E-state index contributed by atoms with van der Waals surface area (Å²) in [6.45, 7) is 6.05. The largest absolute Gasteiger partial charge is 0.508 e. The number of hydroxylamine groups is 1. The van der Waals surface area contributed by atoms with Crippen molar-refractivity contribution in [2.24, 2.45) is 10.3 Å². The lowest BCUT2D eigenvalue weighted by Gasteiger charge is -2.33. The molecule has 6 heteroatoms. The molecule has 1 atom stereocenters. The number of phenolic OH excluding ortho intramolecular Hbond substituents is 1. The number of hydrazine groups is 1. The molecule has 2 aromatic rings. The Bertz CT molecular complexity index is 763. The predicted octanol–water partition coefficient (Wildman–Crippen LogP) is 4.30. The first-order valence-electron chi connectivity index (χ1n) is 8.40. The summed E-state index contributed by atoms with van der Waals surface area (Å²) < 4.78 is 0. The molecule has 1 aliphatic heterocycles. The maximum absolute atomic E-state index is 10.00. The summed E-state index contributed by atoms with van der Waals surface area (Å²) in [6, 6.07) is 15.4. The van der Waals surface area contributed by atoms with Gasteiger partial charge in [-0.25, -0.2) is 0 Å². The van der Waals surface area contributed by atoms with E-state index in [9.17, 15) is 5.11 Å². The molecule has 0 bridgehead atoms. The van der Waals surface area contributed by atoms with Gasteiger partial charge in [0, 0.05) is 19.0 Å². The van der Waals surface area contributed by atoms with E-state index in [0.717, 1.165) is 11.1 Å². The van der Waals surface area contributed by atoms with Crippen LogP contribution in [0.4, 0.5) is 0 Å². The average molecular weight is 340 g/mol. The lowest BCUT2D eigenvalue weighted by atomic mass is 10.0. The first-order valence-corrected chi connectivity index (χ1v) is 8.40. The van der Waals surface area contributed by atoms with Crippen molar-refractivity contribution in [1.29, 1.82) is 0 Å². The molecule has 1 aliphatic rings. The Morgan fingerprint density at radius 1 is 1.16 bits per heavy atom. The van der Waals surface area contributed by atoms with Crippen molar-refractivity contribution in [3.05, 3.63) is 59.7 Å². The summed E-state index contributed by atoms with van der Waals surface area (Å²) in [5, 5.41) is 21.8. The van der Waals surface area contributed by atoms with Gasteiger partial charge in [0.1, 0.15) is 5.75 Å². The van der Waals surface area contributed by atoms with Crippen LogP contribution in [-0.2, 0) is 6.42 Å². The highest BCUT2D eigenvalue weighted by atomic mass is 16.7. The zero-order valence-corrected chi connectivity index (χ0v) is 15.0. The Hall–Kier alpha value is -2.60. The number of hydrogen-bond donors (Lipinski definition) is 1. The lowest BCUT2D eigenvalue weighted by molar-refractivity contribution is -0.242. The maximum atomic E-state index is 10.00. The van der Waals surface area contributed by atoms with Crippen LogP contribution in [0, 0.1) is 0 Å². The van der Waals surface area contributed by atoms with Gasteiger partial charge in [0.05, 0.1) is 0 Å². The van der Waals surface area contributed by atoms with Gasteiger partial charge in [0.15, 0.2) is 11.4 Å². The van der Waals surface area contributed by atoms with Crippen LogP contribution in [0.1, 0.15) is 37.8 Å². The van der Waals surface area contributed by atoms with Gasteiger partial charge in [-0.15, -0.1) is 5.11 Å². The summed E-state index contributed by atoms with van der Waals surface area (Å²) in [5.74, 6) is 1.11. The Balaban J connectivity index is 1.84. The van der Waals surface area contributed by atoms with E-state index in [2.05, 4.69) is 22.5 Å². The molecule has 25 heavy (non-hydrogen) atoms. The summed E-state index contributed by atoms with van der Waals surface area (Å²) in [5.41, 5.74) is 1.35. The number of aromatic hydroxyl groups is 1. The number of rotatable bonds is 5. The smallest absolute Gasteiger partial charge is 0.193 e. The van der Waals surface area contributed by atoms with Gasteiger partial charge in [0.2, 0.25) is 0 Å².